The zero-order valence-electron chi connectivity index (χ0n) is 8.55. The molecule has 10 aliphatic rings. The summed E-state index contributed by atoms with van der Waals surface area (Å²) in [6, 6.07) is 0. The molecular weight excluding hydrogens is 292 g/mol. The van der Waals surface area contributed by atoms with E-state index in [0.717, 1.165) is 0 Å². The molecule has 0 amide bonds. The quantitative estimate of drug-likeness (QED) is 0.513. The second kappa shape index (κ2) is 0.437. The molecule has 10 fully saturated rings. The second-order valence-electron chi connectivity index (χ2n) is 10.6. The average molecular weight is 307 g/mol. The number of alkyl halides is 1. The number of rotatable bonds is 3. The summed E-state index contributed by atoms with van der Waals surface area (Å²) in [6.45, 7) is -2.59. The Morgan fingerprint density at radius 3 is 1.67 bits per heavy atom. The predicted octanol–water partition coefficient (Wildman–Crippen LogP) is 4.92. The van der Waals surface area contributed by atoms with Gasteiger partial charge in [-0.05, 0) is 0 Å². The molecule has 0 nitrogen and oxygen atoms in total. The fourth-order valence-electron chi connectivity index (χ4n) is 17.7. The third kappa shape index (κ3) is 0.0528. The van der Waals surface area contributed by atoms with E-state index in [1.807, 2.05) is 0 Å². The third-order valence-corrected chi connectivity index (χ3v) is 59.3. The summed E-state index contributed by atoms with van der Waals surface area (Å²) in [5.74, 6) is 0. The van der Waals surface area contributed by atoms with Gasteiger partial charge in [0.15, 0.2) is 0 Å². The van der Waals surface area contributed by atoms with Gasteiger partial charge in [-0.1, -0.05) is 0 Å². The molecule has 10 heterocycles. The molecule has 0 saturated carbocycles. The molecular formula is C13H15BrFe. The van der Waals surface area contributed by atoms with Crippen molar-refractivity contribution in [3.05, 3.63) is 0 Å². The molecule has 2 heteroatoms. The summed E-state index contributed by atoms with van der Waals surface area (Å²) < 4.78 is 1.22. The minimum atomic E-state index is -2.59. The Morgan fingerprint density at radius 2 is 1.40 bits per heavy atom. The van der Waals surface area contributed by atoms with Crippen LogP contribution in [0.15, 0.2) is 0 Å². The van der Waals surface area contributed by atoms with E-state index < -0.39 is 6.51 Å². The van der Waals surface area contributed by atoms with Crippen LogP contribution in [-0.4, -0.2) is 5.33 Å². The van der Waals surface area contributed by atoms with Crippen molar-refractivity contribution in [2.75, 3.05) is 5.33 Å². The summed E-state index contributed by atoms with van der Waals surface area (Å²) in [4.78, 5) is 13.9. The van der Waals surface area contributed by atoms with Crippen LogP contribution in [-0.2, 0) is 6.51 Å². The van der Waals surface area contributed by atoms with Gasteiger partial charge in [-0.2, -0.15) is 0 Å². The van der Waals surface area contributed by atoms with Crippen molar-refractivity contribution in [2.45, 2.75) is 60.5 Å². The van der Waals surface area contributed by atoms with Crippen LogP contribution in [0.25, 0.3) is 0 Å². The maximum absolute atomic E-state index is 3.69. The van der Waals surface area contributed by atoms with E-state index in [1.165, 1.54) is 25.7 Å². The van der Waals surface area contributed by atoms with Crippen LogP contribution in [0.4, 0.5) is 0 Å². The zero-order chi connectivity index (χ0) is 9.13. The first-order valence-corrected chi connectivity index (χ1v) is 14.3. The van der Waals surface area contributed by atoms with E-state index in [0.29, 0.717) is 0 Å². The number of halogens is 1. The SMILES string of the molecule is BrCCC[C]12[CH]3[CH]4[CH]5[CH]1[Fe]45321678[CH]2[CH]1[CH]6[CH]7[CH]28. The molecule has 0 bridgehead atoms. The van der Waals surface area contributed by atoms with E-state index >= 15 is 0 Å². The first-order chi connectivity index (χ1) is 7.11. The molecule has 0 aromatic carbocycles. The van der Waals surface area contributed by atoms with Crippen molar-refractivity contribution >= 4 is 15.9 Å². The standard InChI is InChI=1S/C8H10Br.C5H5.Fe/c9-7-3-6-8-4-1-2-5-8;1-2-4-5-3-1;/h1-2,4-5H,3,6-7H2;1-5H;. The summed E-state index contributed by atoms with van der Waals surface area (Å²) >= 11 is 3.69. The molecule has 0 radical (unpaired) electrons. The Morgan fingerprint density at radius 1 is 0.867 bits per heavy atom. The van der Waals surface area contributed by atoms with Crippen molar-refractivity contribution in [3.63, 3.8) is 0 Å². The second-order valence-corrected chi connectivity index (χ2v) is 35.1. The van der Waals surface area contributed by atoms with Gasteiger partial charge in [0.2, 0.25) is 0 Å². The summed E-state index contributed by atoms with van der Waals surface area (Å²) in [6.07, 6.45) is 3.26. The van der Waals surface area contributed by atoms with Crippen LogP contribution in [0, 0.1) is 0 Å². The van der Waals surface area contributed by atoms with Crippen molar-refractivity contribution in [1.82, 2.24) is 0 Å². The number of hydrogen-bond acceptors (Lipinski definition) is 0. The van der Waals surface area contributed by atoms with Crippen LogP contribution in [0.3, 0.4) is 0 Å². The van der Waals surface area contributed by atoms with Crippen LogP contribution in [0.2, 0.25) is 47.7 Å². The number of hydrogen-bond donors (Lipinski definition) is 0. The first kappa shape index (κ1) is 5.76. The molecule has 0 aromatic rings. The predicted molar refractivity (Wildman–Crippen MR) is 59.5 cm³/mol. The molecule has 10 rings (SSSR count). The molecule has 0 aliphatic carbocycles. The van der Waals surface area contributed by atoms with Gasteiger partial charge >= 0.3 is 88.3 Å². The fraction of sp³-hybridized carbons (Fsp3) is 1.00. The summed E-state index contributed by atoms with van der Waals surface area (Å²) in [5, 5.41) is 1.30. The number of fused-ring (bicyclic) bond motifs is 10. The van der Waals surface area contributed by atoms with Gasteiger partial charge in [-0.3, -0.25) is 0 Å². The van der Waals surface area contributed by atoms with Gasteiger partial charge in [0.05, 0.1) is 0 Å². The normalized spacial score (nSPS) is 134. The molecule has 4 atom stereocenters. The van der Waals surface area contributed by atoms with Crippen molar-refractivity contribution in [2.24, 2.45) is 0 Å². The molecule has 82 valence electrons. The molecule has 4 unspecified atom stereocenters. The fourth-order valence-corrected chi connectivity index (χ4v) is 93.3. The summed E-state index contributed by atoms with van der Waals surface area (Å²) in [7, 11) is 0. The van der Waals surface area contributed by atoms with Crippen molar-refractivity contribution in [1.29, 1.82) is 0 Å². The van der Waals surface area contributed by atoms with E-state index in [2.05, 4.69) is 15.9 Å². The average Bonchev–Trinajstić information content (AvgIpc) is 3.18. The molecule has 15 heavy (non-hydrogen) atoms. The zero-order valence-corrected chi connectivity index (χ0v) is 11.2. The van der Waals surface area contributed by atoms with Gasteiger partial charge < -0.3 is 0 Å². The van der Waals surface area contributed by atoms with Gasteiger partial charge in [0, 0.05) is 0 Å². The van der Waals surface area contributed by atoms with Crippen LogP contribution >= 0.6 is 15.9 Å². The monoisotopic (exact) mass is 306 g/mol. The Kier molecular flexibility index (Phi) is 0.168. The Labute approximate surface area is 88.0 Å². The molecule has 10 aliphatic heterocycles. The molecule has 0 aromatic heterocycles. The van der Waals surface area contributed by atoms with Gasteiger partial charge in [-0.25, -0.2) is 0 Å². The van der Waals surface area contributed by atoms with Gasteiger partial charge in [0.25, 0.3) is 0 Å². The van der Waals surface area contributed by atoms with E-state index in [9.17, 15) is 0 Å². The van der Waals surface area contributed by atoms with E-state index in [4.69, 9.17) is 0 Å². The summed E-state index contributed by atoms with van der Waals surface area (Å²) in [5.41, 5.74) is 0. The van der Waals surface area contributed by atoms with Crippen LogP contribution < -0.4 is 0 Å². The van der Waals surface area contributed by atoms with Gasteiger partial charge in [0.1, 0.15) is 0 Å². The van der Waals surface area contributed by atoms with Gasteiger partial charge in [-0.15, -0.1) is 0 Å². The Hall–Kier alpha value is 0.999. The maximum atomic E-state index is 3.69. The third-order valence-electron chi connectivity index (χ3n) is 15.7. The van der Waals surface area contributed by atoms with E-state index in [-0.39, 0.29) is 0 Å². The topological polar surface area (TPSA) is 0 Å². The van der Waals surface area contributed by atoms with Crippen molar-refractivity contribution in [3.8, 4) is 0 Å². The molecule has 1 spiro atoms. The Bertz CT molecular complexity index is 802. The van der Waals surface area contributed by atoms with Crippen molar-refractivity contribution < 1.29 is 6.51 Å². The van der Waals surface area contributed by atoms with Crippen LogP contribution in [0.1, 0.15) is 12.8 Å². The molecule has 0 N–H and O–H groups in total. The van der Waals surface area contributed by atoms with E-state index in [1.54, 1.807) is 40.1 Å². The minimum absolute atomic E-state index is 1.22. The molecule has 10 saturated heterocycles. The Balaban J connectivity index is 1.64. The van der Waals surface area contributed by atoms with Crippen LogP contribution in [0.5, 0.6) is 0 Å². The first-order valence-electron chi connectivity index (χ1n) is 6.88.